The molecule has 0 amide bonds. The Hall–Kier alpha value is -1.85. The van der Waals surface area contributed by atoms with E-state index < -0.39 is 10.0 Å². The number of primary sulfonamides is 1. The van der Waals surface area contributed by atoms with Crippen LogP contribution in [0.2, 0.25) is 0 Å². The molecule has 0 fully saturated rings. The first kappa shape index (κ1) is 16.5. The Morgan fingerprint density at radius 3 is 2.27 bits per heavy atom. The molecule has 0 aliphatic heterocycles. The molecule has 2 rings (SSSR count). The SMILES string of the molecule is Cc1cc(C)c(S(N)(=O)=O)c(C)c1CCNc1ccccc1. The molecule has 0 saturated carbocycles. The normalized spacial score (nSPS) is 11.5. The Kier molecular flexibility index (Phi) is 4.88. The van der Waals surface area contributed by atoms with E-state index in [9.17, 15) is 8.42 Å². The highest BCUT2D eigenvalue weighted by molar-refractivity contribution is 7.89. The number of para-hydroxylation sites is 1. The smallest absolute Gasteiger partial charge is 0.238 e. The van der Waals surface area contributed by atoms with Gasteiger partial charge < -0.3 is 5.32 Å². The van der Waals surface area contributed by atoms with Crippen LogP contribution in [-0.2, 0) is 16.4 Å². The van der Waals surface area contributed by atoms with Crippen LogP contribution in [0.3, 0.4) is 0 Å². The van der Waals surface area contributed by atoms with Gasteiger partial charge in [0.25, 0.3) is 0 Å². The number of benzene rings is 2. The van der Waals surface area contributed by atoms with Crippen molar-refractivity contribution in [3.05, 3.63) is 58.7 Å². The molecule has 0 aromatic heterocycles. The van der Waals surface area contributed by atoms with E-state index in [0.717, 1.165) is 35.3 Å². The second kappa shape index (κ2) is 6.50. The van der Waals surface area contributed by atoms with Crippen LogP contribution in [0, 0.1) is 20.8 Å². The predicted molar refractivity (Wildman–Crippen MR) is 90.7 cm³/mol. The predicted octanol–water partition coefficient (Wildman–Crippen LogP) is 2.91. The Bertz CT molecular complexity index is 769. The lowest BCUT2D eigenvalue weighted by Gasteiger charge is -2.16. The second-order valence-corrected chi connectivity index (χ2v) is 7.03. The second-order valence-electron chi connectivity index (χ2n) is 5.53. The highest BCUT2D eigenvalue weighted by atomic mass is 32.2. The van der Waals surface area contributed by atoms with Crippen LogP contribution in [0.15, 0.2) is 41.3 Å². The molecule has 118 valence electrons. The van der Waals surface area contributed by atoms with Crippen molar-refractivity contribution >= 4 is 15.7 Å². The minimum Gasteiger partial charge on any atom is -0.385 e. The summed E-state index contributed by atoms with van der Waals surface area (Å²) >= 11 is 0. The molecule has 0 spiro atoms. The lowest BCUT2D eigenvalue weighted by atomic mass is 9.97. The summed E-state index contributed by atoms with van der Waals surface area (Å²) in [6.45, 7) is 6.35. The van der Waals surface area contributed by atoms with Crippen molar-refractivity contribution in [2.45, 2.75) is 32.1 Å². The van der Waals surface area contributed by atoms with Gasteiger partial charge in [-0.2, -0.15) is 0 Å². The quantitative estimate of drug-likeness (QED) is 0.890. The van der Waals surface area contributed by atoms with Gasteiger partial charge in [-0.25, -0.2) is 13.6 Å². The average Bonchev–Trinajstić information content (AvgIpc) is 2.41. The van der Waals surface area contributed by atoms with Gasteiger partial charge in [0.2, 0.25) is 10.0 Å². The van der Waals surface area contributed by atoms with Crippen LogP contribution < -0.4 is 10.5 Å². The lowest BCUT2D eigenvalue weighted by molar-refractivity contribution is 0.596. The molecule has 0 aliphatic rings. The van der Waals surface area contributed by atoms with Crippen molar-refractivity contribution < 1.29 is 8.42 Å². The van der Waals surface area contributed by atoms with Crippen molar-refractivity contribution in [1.82, 2.24) is 0 Å². The zero-order chi connectivity index (χ0) is 16.3. The molecule has 0 bridgehead atoms. The van der Waals surface area contributed by atoms with Crippen molar-refractivity contribution in [3.8, 4) is 0 Å². The fourth-order valence-corrected chi connectivity index (χ4v) is 3.97. The molecule has 5 heteroatoms. The van der Waals surface area contributed by atoms with Crippen LogP contribution in [0.1, 0.15) is 22.3 Å². The van der Waals surface area contributed by atoms with E-state index in [0.29, 0.717) is 5.56 Å². The summed E-state index contributed by atoms with van der Waals surface area (Å²) < 4.78 is 23.6. The largest absolute Gasteiger partial charge is 0.385 e. The number of nitrogens with one attached hydrogen (secondary N) is 1. The summed E-state index contributed by atoms with van der Waals surface area (Å²) in [6.07, 6.45) is 0.745. The summed E-state index contributed by atoms with van der Waals surface area (Å²) in [7, 11) is -3.70. The summed E-state index contributed by atoms with van der Waals surface area (Å²) in [6, 6.07) is 11.8. The molecule has 0 radical (unpaired) electrons. The fraction of sp³-hybridized carbons (Fsp3) is 0.294. The van der Waals surface area contributed by atoms with Gasteiger partial charge in [-0.3, -0.25) is 0 Å². The van der Waals surface area contributed by atoms with Gasteiger partial charge in [0.15, 0.2) is 0 Å². The molecule has 0 saturated heterocycles. The van der Waals surface area contributed by atoms with E-state index in [4.69, 9.17) is 5.14 Å². The van der Waals surface area contributed by atoms with Crippen LogP contribution in [-0.4, -0.2) is 15.0 Å². The van der Waals surface area contributed by atoms with Gasteiger partial charge in [-0.15, -0.1) is 0 Å². The summed E-state index contributed by atoms with van der Waals surface area (Å²) in [5, 5.41) is 8.69. The first-order valence-corrected chi connectivity index (χ1v) is 8.76. The van der Waals surface area contributed by atoms with E-state index in [-0.39, 0.29) is 4.90 Å². The third-order valence-electron chi connectivity index (χ3n) is 3.82. The molecule has 4 nitrogen and oxygen atoms in total. The Labute approximate surface area is 132 Å². The number of nitrogens with two attached hydrogens (primary N) is 1. The van der Waals surface area contributed by atoms with Crippen molar-refractivity contribution in [2.75, 3.05) is 11.9 Å². The maximum atomic E-state index is 11.8. The number of hydrogen-bond donors (Lipinski definition) is 2. The molecule has 2 aromatic rings. The van der Waals surface area contributed by atoms with Crippen LogP contribution in [0.25, 0.3) is 0 Å². The Morgan fingerprint density at radius 2 is 1.68 bits per heavy atom. The summed E-state index contributed by atoms with van der Waals surface area (Å²) in [5.74, 6) is 0. The third-order valence-corrected chi connectivity index (χ3v) is 5.02. The van der Waals surface area contributed by atoms with Crippen molar-refractivity contribution in [2.24, 2.45) is 5.14 Å². The Balaban J connectivity index is 2.24. The van der Waals surface area contributed by atoms with Gasteiger partial charge in [0.05, 0.1) is 4.90 Å². The van der Waals surface area contributed by atoms with E-state index in [1.165, 1.54) is 0 Å². The summed E-state index contributed by atoms with van der Waals surface area (Å²) in [5.41, 5.74) is 4.65. The summed E-state index contributed by atoms with van der Waals surface area (Å²) in [4.78, 5) is 0.257. The van der Waals surface area contributed by atoms with Gasteiger partial charge in [0, 0.05) is 12.2 Å². The minimum atomic E-state index is -3.70. The van der Waals surface area contributed by atoms with E-state index in [1.54, 1.807) is 6.92 Å². The molecule has 0 heterocycles. The van der Waals surface area contributed by atoms with Crippen molar-refractivity contribution in [1.29, 1.82) is 0 Å². The number of anilines is 1. The molecular weight excluding hydrogens is 296 g/mol. The maximum Gasteiger partial charge on any atom is 0.238 e. The van der Waals surface area contributed by atoms with Crippen molar-refractivity contribution in [3.63, 3.8) is 0 Å². The first-order valence-electron chi connectivity index (χ1n) is 7.22. The monoisotopic (exact) mass is 318 g/mol. The highest BCUT2D eigenvalue weighted by Crippen LogP contribution is 2.26. The lowest BCUT2D eigenvalue weighted by Crippen LogP contribution is -2.17. The van der Waals surface area contributed by atoms with E-state index in [2.05, 4.69) is 5.32 Å². The standard InChI is InChI=1S/C17H22N2O2S/c1-12-11-13(2)17(22(18,20)21)14(3)16(12)9-10-19-15-7-5-4-6-8-15/h4-8,11,19H,9-10H2,1-3H3,(H2,18,20,21). The third kappa shape index (κ3) is 3.67. The zero-order valence-corrected chi connectivity index (χ0v) is 14.0. The number of rotatable bonds is 5. The number of aryl methyl sites for hydroxylation is 2. The number of sulfonamides is 1. The van der Waals surface area contributed by atoms with Gasteiger partial charge in [0.1, 0.15) is 0 Å². The minimum absolute atomic E-state index is 0.257. The molecular formula is C17H22N2O2S. The molecule has 3 N–H and O–H groups in total. The van der Waals surface area contributed by atoms with E-state index in [1.807, 2.05) is 50.2 Å². The van der Waals surface area contributed by atoms with Gasteiger partial charge in [-0.05, 0) is 61.6 Å². The van der Waals surface area contributed by atoms with Gasteiger partial charge >= 0.3 is 0 Å². The molecule has 0 aliphatic carbocycles. The topological polar surface area (TPSA) is 72.2 Å². The molecule has 0 atom stereocenters. The average molecular weight is 318 g/mol. The number of hydrogen-bond acceptors (Lipinski definition) is 3. The highest BCUT2D eigenvalue weighted by Gasteiger charge is 2.18. The fourth-order valence-electron chi connectivity index (χ4n) is 2.92. The van der Waals surface area contributed by atoms with Crippen LogP contribution >= 0.6 is 0 Å². The Morgan fingerprint density at radius 1 is 1.05 bits per heavy atom. The van der Waals surface area contributed by atoms with Crippen LogP contribution in [0.5, 0.6) is 0 Å². The molecule has 22 heavy (non-hydrogen) atoms. The molecule has 0 unspecified atom stereocenters. The van der Waals surface area contributed by atoms with Crippen LogP contribution in [0.4, 0.5) is 5.69 Å². The zero-order valence-electron chi connectivity index (χ0n) is 13.2. The molecule has 2 aromatic carbocycles. The van der Waals surface area contributed by atoms with E-state index >= 15 is 0 Å². The van der Waals surface area contributed by atoms with Gasteiger partial charge in [-0.1, -0.05) is 24.3 Å². The first-order chi connectivity index (χ1) is 10.3. The maximum absolute atomic E-state index is 11.8.